The highest BCUT2D eigenvalue weighted by molar-refractivity contribution is 6.33. The first-order valence-electron chi connectivity index (χ1n) is 21.0. The van der Waals surface area contributed by atoms with Crippen LogP contribution < -0.4 is 15.2 Å². The van der Waals surface area contributed by atoms with Crippen molar-refractivity contribution in [3.05, 3.63) is 116 Å². The van der Waals surface area contributed by atoms with E-state index in [4.69, 9.17) is 38.4 Å². The number of methoxy groups -OCH3 is 2. The average molecular weight is 1050 g/mol. The topological polar surface area (TPSA) is 139 Å². The number of nitrogens with zero attached hydrogens (tertiary/aromatic N) is 6. The Labute approximate surface area is 414 Å². The van der Waals surface area contributed by atoms with Crippen molar-refractivity contribution in [1.82, 2.24) is 29.9 Å². The molecular weight excluding hydrogens is 1000 g/mol. The van der Waals surface area contributed by atoms with E-state index in [-0.39, 0.29) is 88.2 Å². The fourth-order valence-electron chi connectivity index (χ4n) is 6.77. The van der Waals surface area contributed by atoms with Crippen molar-refractivity contribution in [1.29, 1.82) is 0 Å². The second-order valence-electron chi connectivity index (χ2n) is 16.7. The number of benzene rings is 4. The van der Waals surface area contributed by atoms with E-state index < -0.39 is 46.8 Å². The Bertz CT molecular complexity index is 2820. The molecule has 0 unspecified atom stereocenters. The molecule has 0 atom stereocenters. The van der Waals surface area contributed by atoms with Crippen molar-refractivity contribution in [3.63, 3.8) is 0 Å². The molecule has 0 saturated heterocycles. The molecule has 6 aromatic rings. The van der Waals surface area contributed by atoms with E-state index in [0.29, 0.717) is 33.8 Å². The molecule has 2 N–H and O–H groups in total. The van der Waals surface area contributed by atoms with Crippen LogP contribution in [0.25, 0.3) is 45.6 Å². The predicted molar refractivity (Wildman–Crippen MR) is 251 cm³/mol. The maximum Gasteiger partial charge on any atom is 0.416 e. The van der Waals surface area contributed by atoms with Crippen LogP contribution in [0.1, 0.15) is 93.2 Å². The molecule has 2 heterocycles. The average Bonchev–Trinajstić information content (AvgIpc) is 3.29. The lowest BCUT2D eigenvalue weighted by Gasteiger charge is -2.26. The third-order valence-electron chi connectivity index (χ3n) is 10.9. The molecule has 0 spiro atoms. The van der Waals surface area contributed by atoms with E-state index in [2.05, 4.69) is 29.9 Å². The molecule has 376 valence electrons. The van der Waals surface area contributed by atoms with Gasteiger partial charge in [-0.15, -0.1) is 12.4 Å². The van der Waals surface area contributed by atoms with Gasteiger partial charge >= 0.3 is 30.5 Å². The molecule has 6 rings (SSSR count). The third-order valence-corrected chi connectivity index (χ3v) is 11.6. The molecule has 22 heteroatoms. The standard InChI is InChI=1S/C27H26ClF6N3O2.C21H20ClF3N4O.ClH/c1-14(2)17-13-16(8-9-19(17)26(29,30)31)22-35-23(37-24(36-22)39-5)18-12-15(6-10-20(18)28)7-11-21(38)25(3,4)27(32,33)34;1-11(2)14-9-13(5-6-16(14)21(23,24)25)18-27-19(29-20(28-18)30-3)15-8-12(10-26)4-7-17(15)22;/h6,8-10,12-14H,7,11H2,1-5H3;4-9,11H,10,26H2,1-3H3;1H. The van der Waals surface area contributed by atoms with Crippen LogP contribution in [0.5, 0.6) is 12.0 Å². The lowest BCUT2D eigenvalue weighted by molar-refractivity contribution is -0.210. The normalized spacial score (nSPS) is 12.1. The summed E-state index contributed by atoms with van der Waals surface area (Å²) in [5.41, 5.74) is 4.85. The summed E-state index contributed by atoms with van der Waals surface area (Å²) >= 11 is 12.7. The second-order valence-corrected chi connectivity index (χ2v) is 17.5. The first-order valence-corrected chi connectivity index (χ1v) is 21.8. The van der Waals surface area contributed by atoms with E-state index in [1.165, 1.54) is 44.6 Å². The highest BCUT2D eigenvalue weighted by atomic mass is 35.5. The fourth-order valence-corrected chi connectivity index (χ4v) is 7.17. The summed E-state index contributed by atoms with van der Waals surface area (Å²) in [6, 6.07) is 17.1. The van der Waals surface area contributed by atoms with Gasteiger partial charge in [-0.25, -0.2) is 9.97 Å². The zero-order chi connectivity index (χ0) is 51.4. The Morgan fingerprint density at radius 3 is 1.33 bits per heavy atom. The highest BCUT2D eigenvalue weighted by Gasteiger charge is 2.52. The number of Topliss-reactive ketones (excluding diaryl/α,β-unsaturated/α-hetero) is 1. The molecule has 10 nitrogen and oxygen atoms in total. The van der Waals surface area contributed by atoms with Gasteiger partial charge < -0.3 is 15.2 Å². The van der Waals surface area contributed by atoms with Crippen LogP contribution in [0.4, 0.5) is 39.5 Å². The Kier molecular flexibility index (Phi) is 18.4. The number of halogens is 12. The van der Waals surface area contributed by atoms with Crippen molar-refractivity contribution in [3.8, 4) is 57.6 Å². The first kappa shape index (κ1) is 57.0. The van der Waals surface area contributed by atoms with Crippen LogP contribution in [-0.2, 0) is 30.1 Å². The molecular formula is C48H47Cl3F9N7O3. The summed E-state index contributed by atoms with van der Waals surface area (Å²) in [7, 11) is 2.70. The van der Waals surface area contributed by atoms with Crippen LogP contribution >= 0.6 is 35.6 Å². The first-order chi connectivity index (χ1) is 32.1. The Hall–Kier alpha value is -5.63. The minimum Gasteiger partial charge on any atom is -0.467 e. The SMILES string of the molecule is COc1nc(-c2ccc(C(F)(F)F)c(C(C)C)c2)nc(-c2cc(CCC(=O)C(C)(C)C(F)(F)F)ccc2Cl)n1.COc1nc(-c2ccc(C(F)(F)F)c(C(C)C)c2)nc(-c2cc(CN)ccc2Cl)n1.Cl. The monoisotopic (exact) mass is 1050 g/mol. The molecule has 0 bridgehead atoms. The number of aryl methyl sites for hydroxylation is 1. The molecule has 0 amide bonds. The molecule has 0 radical (unpaired) electrons. The van der Waals surface area contributed by atoms with Crippen LogP contribution in [0.2, 0.25) is 10.0 Å². The summed E-state index contributed by atoms with van der Waals surface area (Å²) in [5.74, 6) is -1.25. The van der Waals surface area contributed by atoms with E-state index >= 15 is 0 Å². The van der Waals surface area contributed by atoms with Gasteiger partial charge in [-0.2, -0.15) is 59.4 Å². The number of alkyl halides is 9. The van der Waals surface area contributed by atoms with Gasteiger partial charge in [0.05, 0.1) is 35.4 Å². The molecule has 0 aliphatic heterocycles. The van der Waals surface area contributed by atoms with Gasteiger partial charge in [0.15, 0.2) is 23.3 Å². The number of hydrogen-bond acceptors (Lipinski definition) is 10. The summed E-state index contributed by atoms with van der Waals surface area (Å²) in [4.78, 5) is 38.0. The van der Waals surface area contributed by atoms with Crippen molar-refractivity contribution in [2.24, 2.45) is 11.1 Å². The Morgan fingerprint density at radius 1 is 0.586 bits per heavy atom. The van der Waals surface area contributed by atoms with Crippen molar-refractivity contribution >= 4 is 41.4 Å². The van der Waals surface area contributed by atoms with E-state index in [0.717, 1.165) is 31.5 Å². The number of ketones is 1. The van der Waals surface area contributed by atoms with Crippen molar-refractivity contribution in [2.45, 2.75) is 91.3 Å². The summed E-state index contributed by atoms with van der Waals surface area (Å²) in [5, 5.41) is 0.608. The summed E-state index contributed by atoms with van der Waals surface area (Å²) in [6.45, 7) is 8.66. The van der Waals surface area contributed by atoms with E-state index in [1.807, 2.05) is 0 Å². The minimum absolute atomic E-state index is 0. The summed E-state index contributed by atoms with van der Waals surface area (Å²) < 4.78 is 131. The molecule has 0 fully saturated rings. The number of hydrogen-bond donors (Lipinski definition) is 1. The molecule has 4 aromatic carbocycles. The maximum atomic E-state index is 13.5. The van der Waals surface area contributed by atoms with Gasteiger partial charge in [0.1, 0.15) is 11.2 Å². The largest absolute Gasteiger partial charge is 0.467 e. The maximum absolute atomic E-state index is 13.5. The highest BCUT2D eigenvalue weighted by Crippen LogP contribution is 2.41. The zero-order valence-corrected chi connectivity index (χ0v) is 41.1. The predicted octanol–water partition coefficient (Wildman–Crippen LogP) is 14.0. The van der Waals surface area contributed by atoms with Gasteiger partial charge in [0.2, 0.25) is 0 Å². The number of rotatable bonds is 13. The minimum atomic E-state index is -4.68. The van der Waals surface area contributed by atoms with Crippen LogP contribution in [0.15, 0.2) is 72.8 Å². The lowest BCUT2D eigenvalue weighted by atomic mass is 9.84. The smallest absolute Gasteiger partial charge is 0.416 e. The molecule has 0 saturated carbocycles. The zero-order valence-electron chi connectivity index (χ0n) is 38.8. The van der Waals surface area contributed by atoms with Gasteiger partial charge in [-0.3, -0.25) is 4.79 Å². The molecule has 2 aromatic heterocycles. The quantitative estimate of drug-likeness (QED) is 0.111. The number of carbonyl (C=O) groups excluding carboxylic acids is 1. The van der Waals surface area contributed by atoms with Crippen LogP contribution in [-0.4, -0.2) is 56.1 Å². The van der Waals surface area contributed by atoms with Crippen LogP contribution in [0.3, 0.4) is 0 Å². The van der Waals surface area contributed by atoms with Crippen molar-refractivity contribution in [2.75, 3.05) is 14.2 Å². The molecule has 0 aliphatic carbocycles. The molecule has 70 heavy (non-hydrogen) atoms. The van der Waals surface area contributed by atoms with Crippen LogP contribution in [0, 0.1) is 5.41 Å². The Morgan fingerprint density at radius 2 is 0.971 bits per heavy atom. The number of nitrogens with two attached hydrogens (primary N) is 1. The molecule has 0 aliphatic rings. The fraction of sp³-hybridized carbons (Fsp3) is 0.354. The van der Waals surface area contributed by atoms with E-state index in [1.54, 1.807) is 58.0 Å². The van der Waals surface area contributed by atoms with Gasteiger partial charge in [0, 0.05) is 35.2 Å². The number of aromatic nitrogens is 6. The van der Waals surface area contributed by atoms with Gasteiger partial charge in [-0.05, 0) is 103 Å². The van der Waals surface area contributed by atoms with E-state index in [9.17, 15) is 44.3 Å². The third kappa shape index (κ3) is 13.4. The van der Waals surface area contributed by atoms with Gasteiger partial charge in [-0.1, -0.05) is 75.2 Å². The Balaban J connectivity index is 0.000000310. The number of ether oxygens (including phenoxy) is 2. The summed E-state index contributed by atoms with van der Waals surface area (Å²) in [6.07, 6.45) is -14.0. The lowest BCUT2D eigenvalue weighted by Crippen LogP contribution is -2.39. The number of carbonyl (C=O) groups is 1. The van der Waals surface area contributed by atoms with Crippen molar-refractivity contribution < 1.29 is 53.8 Å². The second kappa shape index (κ2) is 22.6. The van der Waals surface area contributed by atoms with Gasteiger partial charge in [0.25, 0.3) is 0 Å².